The largest absolute Gasteiger partial charge is 0.442 e. The van der Waals surface area contributed by atoms with Gasteiger partial charge in [-0.3, -0.25) is 38.4 Å². The lowest BCUT2D eigenvalue weighted by Crippen LogP contribution is -2.42. The fourth-order valence-corrected chi connectivity index (χ4v) is 6.44. The predicted octanol–water partition coefficient (Wildman–Crippen LogP) is 3.76. The summed E-state index contributed by atoms with van der Waals surface area (Å²) in [4.78, 5) is 107. The van der Waals surface area contributed by atoms with E-state index in [2.05, 4.69) is 0 Å². The lowest BCUT2D eigenvalue weighted by molar-refractivity contribution is -0.121. The molecular weight excluding hydrogens is 708 g/mol. The van der Waals surface area contributed by atoms with Crippen LogP contribution in [0.2, 0.25) is 0 Å². The number of hydrogen-bond acceptors (Lipinski definition) is 10. The number of carbonyl (C=O) groups is 8. The van der Waals surface area contributed by atoms with Crippen LogP contribution in [0.4, 0.5) is 22.7 Å². The number of carbonyl (C=O) groups excluding carboxylic acids is 8. The van der Waals surface area contributed by atoms with Gasteiger partial charge in [-0.25, -0.2) is 19.6 Å². The molecule has 55 heavy (non-hydrogen) atoms. The van der Waals surface area contributed by atoms with Crippen LogP contribution < -0.4 is 29.1 Å². The third-order valence-corrected chi connectivity index (χ3v) is 8.94. The number of rotatable bonds is 10. The Morgan fingerprint density at radius 3 is 0.945 bits per heavy atom. The van der Waals surface area contributed by atoms with Crippen LogP contribution in [-0.4, -0.2) is 47.3 Å². The lowest BCUT2D eigenvalue weighted by Gasteiger charge is -2.37. The molecule has 4 heterocycles. The Morgan fingerprint density at radius 2 is 0.636 bits per heavy atom. The van der Waals surface area contributed by atoms with Gasteiger partial charge >= 0.3 is 5.79 Å². The molecule has 4 aliphatic rings. The molecule has 4 aromatic rings. The average Bonchev–Trinajstić information content (AvgIpc) is 3.93. The SMILES string of the molecule is O=C1C=CC(=O)N1c1ccc(OC(Oc2ccc(N3C(=O)C=CC3=O)cc2N2C(=O)C=CC2=O)(c2ccccc2)c2ccccc2)c(N2C(=O)C=CC2=O)c1. The molecule has 8 amide bonds. The first-order valence-corrected chi connectivity index (χ1v) is 16.6. The minimum absolute atomic E-state index is 0.0396. The summed E-state index contributed by atoms with van der Waals surface area (Å²) in [5, 5.41) is 0. The number of hydrogen-bond donors (Lipinski definition) is 0. The molecule has 8 rings (SSSR count). The molecular formula is C41H24N4O10. The van der Waals surface area contributed by atoms with Gasteiger partial charge < -0.3 is 9.47 Å². The molecule has 0 fully saturated rings. The Balaban J connectivity index is 1.34. The molecule has 0 unspecified atom stereocenters. The highest BCUT2D eigenvalue weighted by Crippen LogP contribution is 2.46. The highest BCUT2D eigenvalue weighted by atomic mass is 16.7. The highest BCUT2D eigenvalue weighted by molar-refractivity contribution is 6.32. The van der Waals surface area contributed by atoms with E-state index in [-0.39, 0.29) is 34.2 Å². The van der Waals surface area contributed by atoms with Gasteiger partial charge in [0.15, 0.2) is 0 Å². The van der Waals surface area contributed by atoms with Crippen molar-refractivity contribution in [2.75, 3.05) is 19.6 Å². The molecule has 0 saturated heterocycles. The number of benzene rings is 4. The van der Waals surface area contributed by atoms with Crippen LogP contribution in [0.3, 0.4) is 0 Å². The number of ether oxygens (including phenoxy) is 2. The lowest BCUT2D eigenvalue weighted by atomic mass is 9.96. The van der Waals surface area contributed by atoms with Crippen LogP contribution in [0.15, 0.2) is 146 Å². The fraction of sp³-hybridized carbons (Fsp3) is 0.0244. The molecule has 0 aromatic heterocycles. The van der Waals surface area contributed by atoms with Gasteiger partial charge in [0.2, 0.25) is 0 Å². The maximum Gasteiger partial charge on any atom is 0.305 e. The molecule has 14 nitrogen and oxygen atoms in total. The minimum Gasteiger partial charge on any atom is -0.442 e. The third kappa shape index (κ3) is 5.79. The Labute approximate surface area is 311 Å². The maximum absolute atomic E-state index is 13.2. The number of imide groups is 4. The van der Waals surface area contributed by atoms with Crippen molar-refractivity contribution in [1.82, 2.24) is 0 Å². The Hall–Kier alpha value is -8.00. The van der Waals surface area contributed by atoms with Gasteiger partial charge in [-0.05, 0) is 36.4 Å². The molecule has 0 aliphatic carbocycles. The van der Waals surface area contributed by atoms with Crippen LogP contribution in [0.5, 0.6) is 11.5 Å². The normalized spacial score (nSPS) is 16.6. The Kier molecular flexibility index (Phi) is 8.19. The number of anilines is 4. The van der Waals surface area contributed by atoms with Gasteiger partial charge in [0.1, 0.15) is 11.5 Å². The quantitative estimate of drug-likeness (QED) is 0.173. The molecule has 4 aliphatic heterocycles. The van der Waals surface area contributed by atoms with Gasteiger partial charge in [-0.1, -0.05) is 60.7 Å². The molecule has 268 valence electrons. The van der Waals surface area contributed by atoms with Gasteiger partial charge in [-0.2, -0.15) is 0 Å². The number of nitrogens with zero attached hydrogens (tertiary/aromatic N) is 4. The van der Waals surface area contributed by atoms with Crippen LogP contribution in [-0.2, 0) is 44.1 Å². The van der Waals surface area contributed by atoms with E-state index in [1.54, 1.807) is 60.7 Å². The van der Waals surface area contributed by atoms with Crippen molar-refractivity contribution in [1.29, 1.82) is 0 Å². The Bertz CT molecular complexity index is 2280. The molecule has 0 spiro atoms. The van der Waals surface area contributed by atoms with E-state index in [0.717, 1.165) is 68.2 Å². The van der Waals surface area contributed by atoms with Crippen LogP contribution >= 0.6 is 0 Å². The molecule has 0 saturated carbocycles. The van der Waals surface area contributed by atoms with Crippen LogP contribution in [0.1, 0.15) is 11.1 Å². The molecule has 0 atom stereocenters. The highest BCUT2D eigenvalue weighted by Gasteiger charge is 2.44. The summed E-state index contributed by atoms with van der Waals surface area (Å²) < 4.78 is 13.8. The van der Waals surface area contributed by atoms with Crippen molar-refractivity contribution in [3.05, 3.63) is 157 Å². The van der Waals surface area contributed by atoms with Crippen LogP contribution in [0, 0.1) is 0 Å². The van der Waals surface area contributed by atoms with E-state index in [1.807, 2.05) is 0 Å². The van der Waals surface area contributed by atoms with Crippen LogP contribution in [0.25, 0.3) is 0 Å². The Morgan fingerprint density at radius 1 is 0.345 bits per heavy atom. The van der Waals surface area contributed by atoms with Crippen molar-refractivity contribution >= 4 is 70.0 Å². The smallest absolute Gasteiger partial charge is 0.305 e. The zero-order valence-electron chi connectivity index (χ0n) is 28.2. The van der Waals surface area contributed by atoms with E-state index in [4.69, 9.17) is 9.47 Å². The summed E-state index contributed by atoms with van der Waals surface area (Å²) in [5.74, 6) is -7.79. The van der Waals surface area contributed by atoms with Crippen molar-refractivity contribution < 1.29 is 47.8 Å². The summed E-state index contributed by atoms with van der Waals surface area (Å²) in [6.45, 7) is 0. The second-order valence-electron chi connectivity index (χ2n) is 12.2. The third-order valence-electron chi connectivity index (χ3n) is 8.94. The second kappa shape index (κ2) is 13.2. The molecule has 0 N–H and O–H groups in total. The topological polar surface area (TPSA) is 168 Å². The summed E-state index contributed by atoms with van der Waals surface area (Å²) >= 11 is 0. The van der Waals surface area contributed by atoms with Crippen molar-refractivity contribution in [3.8, 4) is 11.5 Å². The second-order valence-corrected chi connectivity index (χ2v) is 12.2. The van der Waals surface area contributed by atoms with E-state index < -0.39 is 53.0 Å². The average molecular weight is 733 g/mol. The molecule has 0 bridgehead atoms. The van der Waals surface area contributed by atoms with E-state index in [0.29, 0.717) is 11.1 Å². The zero-order chi connectivity index (χ0) is 38.4. The summed E-state index contributed by atoms with van der Waals surface area (Å²) in [7, 11) is 0. The van der Waals surface area contributed by atoms with E-state index in [1.165, 1.54) is 36.4 Å². The predicted molar refractivity (Wildman–Crippen MR) is 194 cm³/mol. The standard InChI is InChI=1S/C41H24N4O10/c46-33-15-16-34(47)42(33)27-11-13-31(29(23-27)44-37(50)19-20-38(44)51)54-41(25-7-3-1-4-8-25,26-9-5-2-6-10-26)55-32-14-12-28(43-35(48)17-18-36(43)49)24-30(32)45-39(52)21-22-40(45)53/h1-24H. The van der Waals surface area contributed by atoms with Gasteiger partial charge in [0, 0.05) is 59.7 Å². The van der Waals surface area contributed by atoms with Crippen molar-refractivity contribution in [3.63, 3.8) is 0 Å². The maximum atomic E-state index is 13.2. The van der Waals surface area contributed by atoms with Gasteiger partial charge in [0.25, 0.3) is 47.3 Å². The van der Waals surface area contributed by atoms with E-state index in [9.17, 15) is 38.4 Å². The first kappa shape index (κ1) is 34.1. The summed E-state index contributed by atoms with van der Waals surface area (Å²) in [6.07, 6.45) is 8.58. The van der Waals surface area contributed by atoms with Gasteiger partial charge in [-0.15, -0.1) is 0 Å². The van der Waals surface area contributed by atoms with Crippen molar-refractivity contribution in [2.24, 2.45) is 0 Å². The zero-order valence-corrected chi connectivity index (χ0v) is 28.2. The van der Waals surface area contributed by atoms with Gasteiger partial charge in [0.05, 0.1) is 22.7 Å². The number of amides is 8. The molecule has 4 aromatic carbocycles. The van der Waals surface area contributed by atoms with E-state index >= 15 is 0 Å². The molecule has 14 heteroatoms. The van der Waals surface area contributed by atoms with Crippen molar-refractivity contribution in [2.45, 2.75) is 5.79 Å². The first-order chi connectivity index (χ1) is 26.6. The molecule has 0 radical (unpaired) electrons. The first-order valence-electron chi connectivity index (χ1n) is 16.6. The summed E-state index contributed by atoms with van der Waals surface area (Å²) in [5.41, 5.74) is 0.490. The monoisotopic (exact) mass is 732 g/mol. The summed E-state index contributed by atoms with van der Waals surface area (Å²) in [6, 6.07) is 25.1. The fourth-order valence-electron chi connectivity index (χ4n) is 6.44. The minimum atomic E-state index is -2.06.